The highest BCUT2D eigenvalue weighted by Crippen LogP contribution is 2.22. The van der Waals surface area contributed by atoms with E-state index in [2.05, 4.69) is 6.58 Å². The lowest BCUT2D eigenvalue weighted by Gasteiger charge is -2.14. The number of fused-ring (bicyclic) bond motifs is 1. The van der Waals surface area contributed by atoms with Crippen LogP contribution >= 0.6 is 0 Å². The van der Waals surface area contributed by atoms with Crippen LogP contribution in [-0.4, -0.2) is 17.3 Å². The topological polar surface area (TPSA) is 51.2 Å². The van der Waals surface area contributed by atoms with E-state index in [4.69, 9.17) is 0 Å². The van der Waals surface area contributed by atoms with Crippen LogP contribution < -0.4 is 0 Å². The predicted octanol–water partition coefficient (Wildman–Crippen LogP) is 1.75. The predicted molar refractivity (Wildman–Crippen MR) is 58.4 cm³/mol. The zero-order valence-corrected chi connectivity index (χ0v) is 8.40. The summed E-state index contributed by atoms with van der Waals surface area (Å²) >= 11 is 0. The summed E-state index contributed by atoms with van der Waals surface area (Å²) < 4.78 is 0. The Bertz CT molecular complexity index is 550. The summed E-state index contributed by atoms with van der Waals surface area (Å²) in [5, 5.41) is 0. The molecule has 1 aromatic carbocycles. The zero-order chi connectivity index (χ0) is 11.7. The molecule has 0 aliphatic heterocycles. The van der Waals surface area contributed by atoms with Crippen molar-refractivity contribution in [1.29, 1.82) is 0 Å². The normalized spacial score (nSPS) is 17.5. The van der Waals surface area contributed by atoms with Gasteiger partial charge in [-0.2, -0.15) is 0 Å². The highest BCUT2D eigenvalue weighted by Gasteiger charge is 2.34. The van der Waals surface area contributed by atoms with Crippen LogP contribution in [-0.2, 0) is 4.79 Å². The maximum atomic E-state index is 11.9. The molecule has 1 aliphatic carbocycles. The van der Waals surface area contributed by atoms with Gasteiger partial charge in [-0.25, -0.2) is 0 Å². The first-order chi connectivity index (χ1) is 7.66. The van der Waals surface area contributed by atoms with Crippen molar-refractivity contribution >= 4 is 17.3 Å². The Hall–Kier alpha value is -2.29. The second-order valence-electron chi connectivity index (χ2n) is 3.35. The second-order valence-corrected chi connectivity index (χ2v) is 3.35. The Labute approximate surface area is 92.1 Å². The molecule has 0 bridgehead atoms. The summed E-state index contributed by atoms with van der Waals surface area (Å²) in [6, 6.07) is 6.31. The average Bonchev–Trinajstić information content (AvgIpc) is 2.32. The minimum Gasteiger partial charge on any atom is -0.288 e. The molecule has 0 spiro atoms. The molecule has 78 valence electrons. The molecular weight excluding hydrogens is 204 g/mol. The Morgan fingerprint density at radius 2 is 1.44 bits per heavy atom. The fourth-order valence-corrected chi connectivity index (χ4v) is 1.64. The molecule has 16 heavy (non-hydrogen) atoms. The third-order valence-electron chi connectivity index (χ3n) is 2.40. The molecule has 0 amide bonds. The van der Waals surface area contributed by atoms with Crippen molar-refractivity contribution in [3.8, 4) is 0 Å². The fourth-order valence-electron chi connectivity index (χ4n) is 1.64. The maximum absolute atomic E-state index is 11.9. The quantitative estimate of drug-likeness (QED) is 0.405. The van der Waals surface area contributed by atoms with Crippen LogP contribution in [0, 0.1) is 0 Å². The Balaban J connectivity index is 2.70. The highest BCUT2D eigenvalue weighted by molar-refractivity contribution is 6.59. The summed E-state index contributed by atoms with van der Waals surface area (Å²) in [4.78, 5) is 35.1. The standard InChI is InChI=1S/C13H8O3/c1-2-5-10-11(14)8-6-3-4-7-9(8)12(15)13(10)16/h2-7H,1H2/b10-5+. The SMILES string of the molecule is C=C/C=C1/C(=O)C(=O)c2ccccc2C1=O. The Kier molecular flexibility index (Phi) is 2.37. The van der Waals surface area contributed by atoms with E-state index in [0.29, 0.717) is 0 Å². The third kappa shape index (κ3) is 1.34. The largest absolute Gasteiger partial charge is 0.288 e. The fraction of sp³-hybridized carbons (Fsp3) is 0. The van der Waals surface area contributed by atoms with Gasteiger partial charge in [-0.3, -0.25) is 14.4 Å². The molecule has 1 aromatic rings. The number of hydrogen-bond donors (Lipinski definition) is 0. The van der Waals surface area contributed by atoms with E-state index in [1.165, 1.54) is 18.2 Å². The maximum Gasteiger partial charge on any atom is 0.237 e. The van der Waals surface area contributed by atoms with Crippen molar-refractivity contribution < 1.29 is 14.4 Å². The van der Waals surface area contributed by atoms with Gasteiger partial charge < -0.3 is 0 Å². The molecular formula is C13H8O3. The van der Waals surface area contributed by atoms with Gasteiger partial charge >= 0.3 is 0 Å². The van der Waals surface area contributed by atoms with E-state index in [-0.39, 0.29) is 16.7 Å². The second kappa shape index (κ2) is 3.70. The van der Waals surface area contributed by atoms with Crippen LogP contribution in [0.3, 0.4) is 0 Å². The summed E-state index contributed by atoms with van der Waals surface area (Å²) in [5.41, 5.74) is 0.345. The lowest BCUT2D eigenvalue weighted by molar-refractivity contribution is -0.111. The number of rotatable bonds is 1. The molecule has 0 N–H and O–H groups in total. The molecule has 2 rings (SSSR count). The van der Waals surface area contributed by atoms with Gasteiger partial charge in [0.1, 0.15) is 0 Å². The van der Waals surface area contributed by atoms with Gasteiger partial charge in [0.25, 0.3) is 0 Å². The van der Waals surface area contributed by atoms with E-state index in [1.807, 2.05) is 0 Å². The summed E-state index contributed by atoms with van der Waals surface area (Å²) in [6.07, 6.45) is 2.60. The lowest BCUT2D eigenvalue weighted by Crippen LogP contribution is -2.29. The molecule has 0 atom stereocenters. The van der Waals surface area contributed by atoms with Crippen molar-refractivity contribution in [3.05, 3.63) is 59.7 Å². The number of allylic oxidation sites excluding steroid dienone is 3. The molecule has 0 saturated heterocycles. The van der Waals surface area contributed by atoms with E-state index in [9.17, 15) is 14.4 Å². The van der Waals surface area contributed by atoms with E-state index < -0.39 is 17.3 Å². The van der Waals surface area contributed by atoms with Gasteiger partial charge in [-0.05, 0) is 6.08 Å². The van der Waals surface area contributed by atoms with Crippen LogP contribution in [0.5, 0.6) is 0 Å². The van der Waals surface area contributed by atoms with Gasteiger partial charge in [0, 0.05) is 11.1 Å². The van der Waals surface area contributed by atoms with Gasteiger partial charge in [0.05, 0.1) is 5.57 Å². The monoisotopic (exact) mass is 212 g/mol. The number of carbonyl (C=O) groups excluding carboxylic acids is 3. The van der Waals surface area contributed by atoms with Gasteiger partial charge in [0.2, 0.25) is 11.6 Å². The lowest BCUT2D eigenvalue weighted by atomic mass is 9.85. The van der Waals surface area contributed by atoms with Crippen molar-refractivity contribution in [2.75, 3.05) is 0 Å². The van der Waals surface area contributed by atoms with Crippen LogP contribution in [0.15, 0.2) is 48.6 Å². The molecule has 0 unspecified atom stereocenters. The van der Waals surface area contributed by atoms with Crippen LogP contribution in [0.4, 0.5) is 0 Å². The number of ketones is 3. The molecule has 0 saturated carbocycles. The van der Waals surface area contributed by atoms with E-state index in [1.54, 1.807) is 18.2 Å². The number of benzene rings is 1. The first kappa shape index (κ1) is 10.2. The molecule has 0 fully saturated rings. The summed E-state index contributed by atoms with van der Waals surface area (Å²) in [6.45, 7) is 3.41. The molecule has 0 heterocycles. The minimum atomic E-state index is -0.761. The summed E-state index contributed by atoms with van der Waals surface area (Å²) in [5.74, 6) is -1.81. The Morgan fingerprint density at radius 1 is 0.875 bits per heavy atom. The van der Waals surface area contributed by atoms with Gasteiger partial charge in [0.15, 0.2) is 5.78 Å². The highest BCUT2D eigenvalue weighted by atomic mass is 16.2. The van der Waals surface area contributed by atoms with Gasteiger partial charge in [-0.1, -0.05) is 36.9 Å². The number of hydrogen-bond acceptors (Lipinski definition) is 3. The van der Waals surface area contributed by atoms with E-state index in [0.717, 1.165) is 0 Å². The smallest absolute Gasteiger partial charge is 0.237 e. The van der Waals surface area contributed by atoms with Crippen molar-refractivity contribution in [2.45, 2.75) is 0 Å². The Morgan fingerprint density at radius 3 is 2.00 bits per heavy atom. The zero-order valence-electron chi connectivity index (χ0n) is 8.40. The summed E-state index contributed by atoms with van der Waals surface area (Å²) in [7, 11) is 0. The molecule has 3 heteroatoms. The molecule has 3 nitrogen and oxygen atoms in total. The first-order valence-electron chi connectivity index (χ1n) is 4.72. The number of carbonyl (C=O) groups is 3. The van der Waals surface area contributed by atoms with Crippen LogP contribution in [0.1, 0.15) is 20.7 Å². The third-order valence-corrected chi connectivity index (χ3v) is 2.40. The minimum absolute atomic E-state index is 0.112. The molecule has 0 aromatic heterocycles. The molecule has 0 radical (unpaired) electrons. The van der Waals surface area contributed by atoms with Crippen LogP contribution in [0.2, 0.25) is 0 Å². The first-order valence-corrected chi connectivity index (χ1v) is 4.72. The van der Waals surface area contributed by atoms with E-state index >= 15 is 0 Å². The van der Waals surface area contributed by atoms with Gasteiger partial charge in [-0.15, -0.1) is 0 Å². The van der Waals surface area contributed by atoms with Crippen molar-refractivity contribution in [2.24, 2.45) is 0 Å². The van der Waals surface area contributed by atoms with Crippen molar-refractivity contribution in [3.63, 3.8) is 0 Å². The van der Waals surface area contributed by atoms with Crippen molar-refractivity contribution in [1.82, 2.24) is 0 Å². The number of Topliss-reactive ketones (excluding diaryl/α,β-unsaturated/α-hetero) is 3. The van der Waals surface area contributed by atoms with Crippen LogP contribution in [0.25, 0.3) is 0 Å². The average molecular weight is 212 g/mol. The molecule has 1 aliphatic rings.